The summed E-state index contributed by atoms with van der Waals surface area (Å²) in [5, 5.41) is 2.27. The van der Waals surface area contributed by atoms with Gasteiger partial charge in [-0.25, -0.2) is 0 Å². The molecular weight excluding hydrogens is 657 g/mol. The normalized spacial score (nSPS) is 13.7. The number of benzene rings is 7. The van der Waals surface area contributed by atoms with Crippen LogP contribution in [0.25, 0.3) is 21.9 Å². The van der Waals surface area contributed by atoms with Gasteiger partial charge in [0.1, 0.15) is 11.2 Å². The monoisotopic (exact) mass is 702 g/mol. The quantitative estimate of drug-likeness (QED) is 0.149. The molecule has 0 saturated heterocycles. The largest absolute Gasteiger partial charge is 0.456 e. The van der Waals surface area contributed by atoms with Crippen molar-refractivity contribution in [3.05, 3.63) is 193 Å². The number of nitrogens with zero attached hydrogens (tertiary/aromatic N) is 2. The maximum atomic E-state index is 6.22. The first kappa shape index (κ1) is 33.8. The number of rotatable bonds is 9. The highest BCUT2D eigenvalue weighted by Gasteiger charge is 2.25. The number of anilines is 6. The van der Waals surface area contributed by atoms with Crippen LogP contribution >= 0.6 is 0 Å². The number of furan rings is 1. The SMILES string of the molecule is CC(C)(c1ccc(N(c2ccccc2)c2ccccc2)cc1)c1ccc(N(c2ccc(C3CCCCC3)cc2)c2ccc3oc4ccccc4c3c2)cc1. The Balaban J connectivity index is 1.05. The Bertz CT molecular complexity index is 2440. The van der Waals surface area contributed by atoms with Gasteiger partial charge < -0.3 is 14.2 Å². The van der Waals surface area contributed by atoms with Crippen molar-refractivity contribution >= 4 is 56.1 Å². The number of para-hydroxylation sites is 3. The van der Waals surface area contributed by atoms with Gasteiger partial charge in [-0.15, -0.1) is 0 Å². The maximum Gasteiger partial charge on any atom is 0.135 e. The lowest BCUT2D eigenvalue weighted by Gasteiger charge is -2.30. The smallest absolute Gasteiger partial charge is 0.135 e. The predicted molar refractivity (Wildman–Crippen MR) is 227 cm³/mol. The average Bonchev–Trinajstić information content (AvgIpc) is 3.61. The molecule has 1 fully saturated rings. The molecule has 54 heavy (non-hydrogen) atoms. The molecule has 8 aromatic rings. The van der Waals surface area contributed by atoms with E-state index in [-0.39, 0.29) is 5.41 Å². The van der Waals surface area contributed by atoms with Crippen molar-refractivity contribution < 1.29 is 4.42 Å². The first-order chi connectivity index (χ1) is 26.5. The summed E-state index contributed by atoms with van der Waals surface area (Å²) in [6, 6.07) is 63.7. The van der Waals surface area contributed by atoms with Gasteiger partial charge in [0, 0.05) is 50.3 Å². The third-order valence-electron chi connectivity index (χ3n) is 11.6. The molecule has 0 aliphatic heterocycles. The zero-order valence-corrected chi connectivity index (χ0v) is 31.2. The fraction of sp³-hybridized carbons (Fsp3) is 0.176. The Morgan fingerprint density at radius 1 is 0.426 bits per heavy atom. The van der Waals surface area contributed by atoms with E-state index >= 15 is 0 Å². The minimum Gasteiger partial charge on any atom is -0.456 e. The van der Waals surface area contributed by atoms with E-state index in [1.165, 1.54) is 48.8 Å². The van der Waals surface area contributed by atoms with Gasteiger partial charge in [-0.2, -0.15) is 0 Å². The van der Waals surface area contributed by atoms with Crippen molar-refractivity contribution in [2.45, 2.75) is 57.3 Å². The average molecular weight is 703 g/mol. The van der Waals surface area contributed by atoms with Crippen LogP contribution in [0.2, 0.25) is 0 Å². The summed E-state index contributed by atoms with van der Waals surface area (Å²) in [6.45, 7) is 4.64. The Morgan fingerprint density at radius 3 is 1.44 bits per heavy atom. The molecule has 0 amide bonds. The molecule has 3 nitrogen and oxygen atoms in total. The van der Waals surface area contributed by atoms with Crippen LogP contribution in [0.15, 0.2) is 180 Å². The summed E-state index contributed by atoms with van der Waals surface area (Å²) >= 11 is 0. The van der Waals surface area contributed by atoms with Gasteiger partial charge in [0.2, 0.25) is 0 Å². The molecule has 266 valence electrons. The van der Waals surface area contributed by atoms with Gasteiger partial charge >= 0.3 is 0 Å². The van der Waals surface area contributed by atoms with Crippen LogP contribution in [0, 0.1) is 0 Å². The van der Waals surface area contributed by atoms with E-state index in [4.69, 9.17) is 4.42 Å². The van der Waals surface area contributed by atoms with Crippen molar-refractivity contribution in [2.75, 3.05) is 9.80 Å². The first-order valence-corrected chi connectivity index (χ1v) is 19.5. The van der Waals surface area contributed by atoms with Gasteiger partial charge in [0.25, 0.3) is 0 Å². The number of hydrogen-bond donors (Lipinski definition) is 0. The van der Waals surface area contributed by atoms with Crippen LogP contribution in [0.4, 0.5) is 34.1 Å². The standard InChI is InChI=1S/C51H46N2O/c1-51(2,39-24-30-44(31-25-39)52(41-16-8-4-9-17-41)42-18-10-5-11-19-42)40-26-32-45(33-27-40)53(43-28-22-38(23-29-43)37-14-6-3-7-15-37)46-34-35-50-48(36-46)47-20-12-13-21-49(47)54-50/h4-5,8-13,16-37H,3,6-7,14-15H2,1-2H3. The minimum absolute atomic E-state index is 0.206. The molecule has 1 heterocycles. The molecule has 1 aliphatic carbocycles. The van der Waals surface area contributed by atoms with Gasteiger partial charge in [-0.1, -0.05) is 124 Å². The highest BCUT2D eigenvalue weighted by atomic mass is 16.3. The Labute approximate surface area is 319 Å². The van der Waals surface area contributed by atoms with Gasteiger partial charge in [0.05, 0.1) is 0 Å². The lowest BCUT2D eigenvalue weighted by atomic mass is 9.78. The maximum absolute atomic E-state index is 6.22. The minimum atomic E-state index is -0.206. The predicted octanol–water partition coefficient (Wildman–Crippen LogP) is 14.9. The molecule has 7 aromatic carbocycles. The molecule has 1 aliphatic rings. The molecule has 1 aromatic heterocycles. The van der Waals surface area contributed by atoms with E-state index in [9.17, 15) is 0 Å². The summed E-state index contributed by atoms with van der Waals surface area (Å²) < 4.78 is 6.22. The Morgan fingerprint density at radius 2 is 0.870 bits per heavy atom. The highest BCUT2D eigenvalue weighted by Crippen LogP contribution is 2.42. The lowest BCUT2D eigenvalue weighted by Crippen LogP contribution is -2.19. The molecule has 9 rings (SSSR count). The fourth-order valence-electron chi connectivity index (χ4n) is 8.45. The van der Waals surface area contributed by atoms with E-state index < -0.39 is 0 Å². The Hall–Kier alpha value is -6.06. The van der Waals surface area contributed by atoms with Crippen LogP contribution in [0.5, 0.6) is 0 Å². The summed E-state index contributed by atoms with van der Waals surface area (Å²) in [7, 11) is 0. The molecule has 0 spiro atoms. The van der Waals surface area contributed by atoms with E-state index in [1.54, 1.807) is 0 Å². The second kappa shape index (κ2) is 14.4. The molecule has 0 unspecified atom stereocenters. The molecule has 0 bridgehead atoms. The first-order valence-electron chi connectivity index (χ1n) is 19.5. The third kappa shape index (κ3) is 6.45. The molecule has 3 heteroatoms. The zero-order valence-electron chi connectivity index (χ0n) is 31.2. The summed E-state index contributed by atoms with van der Waals surface area (Å²) in [6.07, 6.45) is 6.64. The third-order valence-corrected chi connectivity index (χ3v) is 11.6. The number of hydrogen-bond acceptors (Lipinski definition) is 3. The van der Waals surface area contributed by atoms with Crippen LogP contribution in [-0.4, -0.2) is 0 Å². The van der Waals surface area contributed by atoms with Gasteiger partial charge in [-0.05, 0) is 120 Å². The van der Waals surface area contributed by atoms with Crippen molar-refractivity contribution in [1.29, 1.82) is 0 Å². The molecule has 0 radical (unpaired) electrons. The summed E-state index contributed by atoms with van der Waals surface area (Å²) in [5.41, 5.74) is 12.4. The second-order valence-corrected chi connectivity index (χ2v) is 15.3. The van der Waals surface area contributed by atoms with Gasteiger partial charge in [0.15, 0.2) is 0 Å². The topological polar surface area (TPSA) is 19.6 Å². The van der Waals surface area contributed by atoms with Crippen molar-refractivity contribution in [2.24, 2.45) is 0 Å². The highest BCUT2D eigenvalue weighted by molar-refractivity contribution is 6.06. The van der Waals surface area contributed by atoms with Crippen LogP contribution in [0.3, 0.4) is 0 Å². The zero-order chi connectivity index (χ0) is 36.5. The van der Waals surface area contributed by atoms with Crippen LogP contribution < -0.4 is 9.80 Å². The lowest BCUT2D eigenvalue weighted by molar-refractivity contribution is 0.443. The van der Waals surface area contributed by atoms with Crippen molar-refractivity contribution in [3.63, 3.8) is 0 Å². The number of fused-ring (bicyclic) bond motifs is 3. The molecule has 0 atom stereocenters. The van der Waals surface area contributed by atoms with E-state index in [2.05, 4.69) is 187 Å². The van der Waals surface area contributed by atoms with Crippen molar-refractivity contribution in [1.82, 2.24) is 0 Å². The van der Waals surface area contributed by atoms with Crippen LogP contribution in [-0.2, 0) is 5.41 Å². The van der Waals surface area contributed by atoms with E-state index in [0.29, 0.717) is 5.92 Å². The summed E-state index contributed by atoms with van der Waals surface area (Å²) in [5.74, 6) is 0.672. The molecular formula is C51H46N2O. The van der Waals surface area contributed by atoms with E-state index in [1.807, 2.05) is 12.1 Å². The van der Waals surface area contributed by atoms with E-state index in [0.717, 1.165) is 56.1 Å². The fourth-order valence-corrected chi connectivity index (χ4v) is 8.45. The molecule has 1 saturated carbocycles. The van der Waals surface area contributed by atoms with Crippen LogP contribution in [0.1, 0.15) is 68.6 Å². The Kier molecular flexibility index (Phi) is 9.00. The summed E-state index contributed by atoms with van der Waals surface area (Å²) in [4.78, 5) is 4.70. The second-order valence-electron chi connectivity index (χ2n) is 15.3. The van der Waals surface area contributed by atoms with Gasteiger partial charge in [-0.3, -0.25) is 0 Å². The molecule has 0 N–H and O–H groups in total. The van der Waals surface area contributed by atoms with Crippen molar-refractivity contribution in [3.8, 4) is 0 Å².